The first-order chi connectivity index (χ1) is 9.70. The molecule has 20 heavy (non-hydrogen) atoms. The molecular formula is C16H21ClN2O. The molecular weight excluding hydrogens is 272 g/mol. The Morgan fingerprint density at radius 1 is 1.35 bits per heavy atom. The molecule has 1 aliphatic carbocycles. The minimum absolute atomic E-state index is 0.132. The average molecular weight is 293 g/mol. The summed E-state index contributed by atoms with van der Waals surface area (Å²) >= 11 is 6.07. The largest absolute Gasteiger partial charge is 0.355 e. The zero-order valence-corrected chi connectivity index (χ0v) is 12.4. The van der Waals surface area contributed by atoms with Crippen LogP contribution in [0.15, 0.2) is 24.3 Å². The standard InChI is InChI=1S/C16H21ClN2O/c17-14-3-1-2-13(10-14)16(6-7-16)11-19-15(20)12-4-8-18-9-5-12/h1-3,10,12,18H,4-9,11H2,(H,19,20). The fourth-order valence-corrected chi connectivity index (χ4v) is 3.21. The quantitative estimate of drug-likeness (QED) is 0.895. The average Bonchev–Trinajstić information content (AvgIpc) is 3.27. The Morgan fingerprint density at radius 2 is 2.10 bits per heavy atom. The molecule has 0 aromatic heterocycles. The van der Waals surface area contributed by atoms with E-state index in [1.165, 1.54) is 5.56 Å². The van der Waals surface area contributed by atoms with Gasteiger partial charge in [0.15, 0.2) is 0 Å². The summed E-state index contributed by atoms with van der Waals surface area (Å²) in [6.07, 6.45) is 4.19. The molecule has 2 aliphatic rings. The molecule has 3 rings (SSSR count). The predicted molar refractivity (Wildman–Crippen MR) is 81.0 cm³/mol. The van der Waals surface area contributed by atoms with Crippen molar-refractivity contribution in [1.82, 2.24) is 10.6 Å². The molecule has 3 nitrogen and oxygen atoms in total. The van der Waals surface area contributed by atoms with Crippen LogP contribution in [-0.4, -0.2) is 25.5 Å². The lowest BCUT2D eigenvalue weighted by molar-refractivity contribution is -0.125. The van der Waals surface area contributed by atoms with Crippen LogP contribution in [-0.2, 0) is 10.2 Å². The first-order valence-corrected chi connectivity index (χ1v) is 7.82. The second-order valence-corrected chi connectivity index (χ2v) is 6.47. The van der Waals surface area contributed by atoms with Crippen LogP contribution >= 0.6 is 11.6 Å². The summed E-state index contributed by atoms with van der Waals surface area (Å²) < 4.78 is 0. The number of hydrogen-bond donors (Lipinski definition) is 2. The third-order valence-electron chi connectivity index (χ3n) is 4.60. The Kier molecular flexibility index (Phi) is 3.99. The summed E-state index contributed by atoms with van der Waals surface area (Å²) in [7, 11) is 0. The number of hydrogen-bond acceptors (Lipinski definition) is 2. The van der Waals surface area contributed by atoms with Crippen LogP contribution < -0.4 is 10.6 Å². The van der Waals surface area contributed by atoms with Gasteiger partial charge in [0.05, 0.1) is 0 Å². The molecule has 1 amide bonds. The van der Waals surface area contributed by atoms with Gasteiger partial charge in [-0.15, -0.1) is 0 Å². The van der Waals surface area contributed by atoms with E-state index in [1.807, 2.05) is 18.2 Å². The second kappa shape index (κ2) is 5.74. The van der Waals surface area contributed by atoms with E-state index in [9.17, 15) is 4.79 Å². The number of rotatable bonds is 4. The van der Waals surface area contributed by atoms with Gasteiger partial charge in [-0.05, 0) is 56.5 Å². The number of amides is 1. The molecule has 0 atom stereocenters. The van der Waals surface area contributed by atoms with Crippen molar-refractivity contribution in [1.29, 1.82) is 0 Å². The number of nitrogens with one attached hydrogen (secondary N) is 2. The van der Waals surface area contributed by atoms with Gasteiger partial charge in [0.1, 0.15) is 0 Å². The number of benzene rings is 1. The van der Waals surface area contributed by atoms with Crippen LogP contribution in [0.5, 0.6) is 0 Å². The molecule has 1 saturated carbocycles. The maximum Gasteiger partial charge on any atom is 0.223 e. The molecule has 4 heteroatoms. The van der Waals surface area contributed by atoms with E-state index in [0.717, 1.165) is 50.3 Å². The molecule has 0 radical (unpaired) electrons. The van der Waals surface area contributed by atoms with E-state index < -0.39 is 0 Å². The Balaban J connectivity index is 1.59. The molecule has 2 N–H and O–H groups in total. The predicted octanol–water partition coefficient (Wildman–Crippen LogP) is 2.49. The normalized spacial score (nSPS) is 21.4. The van der Waals surface area contributed by atoms with Crippen molar-refractivity contribution in [2.45, 2.75) is 31.1 Å². The Labute approximate surface area is 125 Å². The first-order valence-electron chi connectivity index (χ1n) is 7.44. The maximum absolute atomic E-state index is 12.2. The molecule has 0 unspecified atom stereocenters. The van der Waals surface area contributed by atoms with Gasteiger partial charge >= 0.3 is 0 Å². The smallest absolute Gasteiger partial charge is 0.223 e. The lowest BCUT2D eigenvalue weighted by Gasteiger charge is -2.23. The number of halogens is 1. The van der Waals surface area contributed by atoms with Crippen molar-refractivity contribution in [3.05, 3.63) is 34.9 Å². The minimum atomic E-state index is 0.132. The summed E-state index contributed by atoms with van der Waals surface area (Å²) in [5, 5.41) is 7.23. The second-order valence-electron chi connectivity index (χ2n) is 6.03. The first kappa shape index (κ1) is 13.9. The molecule has 1 aromatic rings. The molecule has 1 saturated heterocycles. The van der Waals surface area contributed by atoms with Crippen LogP contribution in [0.25, 0.3) is 0 Å². The van der Waals surface area contributed by atoms with Crippen molar-refractivity contribution in [2.24, 2.45) is 5.92 Å². The minimum Gasteiger partial charge on any atom is -0.355 e. The fraction of sp³-hybridized carbons (Fsp3) is 0.562. The molecule has 108 valence electrons. The van der Waals surface area contributed by atoms with E-state index in [2.05, 4.69) is 16.7 Å². The maximum atomic E-state index is 12.2. The van der Waals surface area contributed by atoms with Crippen LogP contribution in [0.1, 0.15) is 31.2 Å². The van der Waals surface area contributed by atoms with Crippen molar-refractivity contribution in [3.8, 4) is 0 Å². The van der Waals surface area contributed by atoms with Crippen molar-refractivity contribution in [2.75, 3.05) is 19.6 Å². The molecule has 1 heterocycles. The summed E-state index contributed by atoms with van der Waals surface area (Å²) in [4.78, 5) is 12.2. The summed E-state index contributed by atoms with van der Waals surface area (Å²) in [5.41, 5.74) is 1.39. The number of piperidine rings is 1. The highest BCUT2D eigenvalue weighted by molar-refractivity contribution is 6.30. The van der Waals surface area contributed by atoms with Gasteiger partial charge in [-0.2, -0.15) is 0 Å². The Bertz CT molecular complexity index is 493. The van der Waals surface area contributed by atoms with Gasteiger partial charge < -0.3 is 10.6 Å². The van der Waals surface area contributed by atoms with Gasteiger partial charge in [-0.25, -0.2) is 0 Å². The van der Waals surface area contributed by atoms with Crippen LogP contribution in [0, 0.1) is 5.92 Å². The van der Waals surface area contributed by atoms with Gasteiger partial charge in [0.2, 0.25) is 5.91 Å². The van der Waals surface area contributed by atoms with Gasteiger partial charge in [0, 0.05) is 22.9 Å². The number of carbonyl (C=O) groups is 1. The topological polar surface area (TPSA) is 41.1 Å². The monoisotopic (exact) mass is 292 g/mol. The zero-order chi connectivity index (χ0) is 14.0. The number of carbonyl (C=O) groups excluding carboxylic acids is 1. The summed E-state index contributed by atoms with van der Waals surface area (Å²) in [6.45, 7) is 2.66. The van der Waals surface area contributed by atoms with Crippen molar-refractivity contribution in [3.63, 3.8) is 0 Å². The van der Waals surface area contributed by atoms with E-state index in [1.54, 1.807) is 0 Å². The van der Waals surface area contributed by atoms with Crippen LogP contribution in [0.4, 0.5) is 0 Å². The van der Waals surface area contributed by atoms with E-state index >= 15 is 0 Å². The summed E-state index contributed by atoms with van der Waals surface area (Å²) in [6, 6.07) is 8.04. The summed E-state index contributed by atoms with van der Waals surface area (Å²) in [5.74, 6) is 0.409. The van der Waals surface area contributed by atoms with Gasteiger partial charge in [0.25, 0.3) is 0 Å². The van der Waals surface area contributed by atoms with Crippen molar-refractivity contribution < 1.29 is 4.79 Å². The third kappa shape index (κ3) is 2.99. The van der Waals surface area contributed by atoms with E-state index in [0.29, 0.717) is 0 Å². The molecule has 0 bridgehead atoms. The van der Waals surface area contributed by atoms with Crippen LogP contribution in [0.2, 0.25) is 5.02 Å². The third-order valence-corrected chi connectivity index (χ3v) is 4.84. The Morgan fingerprint density at radius 3 is 2.75 bits per heavy atom. The highest BCUT2D eigenvalue weighted by Gasteiger charge is 2.44. The SMILES string of the molecule is O=C(NCC1(c2cccc(Cl)c2)CC1)C1CCNCC1. The zero-order valence-electron chi connectivity index (χ0n) is 11.6. The lowest BCUT2D eigenvalue weighted by Crippen LogP contribution is -2.40. The fourth-order valence-electron chi connectivity index (χ4n) is 3.02. The molecule has 1 aromatic carbocycles. The highest BCUT2D eigenvalue weighted by Crippen LogP contribution is 2.48. The van der Waals surface area contributed by atoms with E-state index in [-0.39, 0.29) is 17.2 Å². The lowest BCUT2D eigenvalue weighted by atomic mass is 9.94. The van der Waals surface area contributed by atoms with Gasteiger partial charge in [-0.3, -0.25) is 4.79 Å². The molecule has 1 aliphatic heterocycles. The van der Waals surface area contributed by atoms with Crippen LogP contribution in [0.3, 0.4) is 0 Å². The molecule has 2 fully saturated rings. The van der Waals surface area contributed by atoms with Crippen molar-refractivity contribution >= 4 is 17.5 Å². The van der Waals surface area contributed by atoms with Gasteiger partial charge in [-0.1, -0.05) is 23.7 Å². The Hall–Kier alpha value is -1.06. The highest BCUT2D eigenvalue weighted by atomic mass is 35.5. The van der Waals surface area contributed by atoms with E-state index in [4.69, 9.17) is 11.6 Å². The molecule has 0 spiro atoms.